The van der Waals surface area contributed by atoms with Gasteiger partial charge in [0.1, 0.15) is 23.9 Å². The smallest absolute Gasteiger partial charge is 0.388 e. The highest BCUT2D eigenvalue weighted by molar-refractivity contribution is 7.89. The van der Waals surface area contributed by atoms with Crippen molar-refractivity contribution < 1.29 is 40.0 Å². The largest absolute Gasteiger partial charge is 0.416 e. The highest BCUT2D eigenvalue weighted by Crippen LogP contribution is 2.39. The maximum absolute atomic E-state index is 14.3. The van der Waals surface area contributed by atoms with Crippen molar-refractivity contribution in [1.29, 1.82) is 0 Å². The molecule has 0 radical (unpaired) electrons. The van der Waals surface area contributed by atoms with E-state index in [4.69, 9.17) is 9.66 Å². The lowest BCUT2D eigenvalue weighted by Crippen LogP contribution is -2.16. The number of aromatic nitrogens is 1. The van der Waals surface area contributed by atoms with Gasteiger partial charge in [-0.1, -0.05) is 17.3 Å². The first-order valence-electron chi connectivity index (χ1n) is 8.14. The Kier molecular flexibility index (Phi) is 5.43. The number of nitrogens with zero attached hydrogens (tertiary/aromatic N) is 1. The SMILES string of the molecule is Cc1ccc(-c2noc(CO)c2-c2cc(F)c(S(N)(=O)=O)c(F)c2)cc1C(F)(F)F. The van der Waals surface area contributed by atoms with Crippen molar-refractivity contribution in [2.75, 3.05) is 0 Å². The van der Waals surface area contributed by atoms with E-state index in [1.807, 2.05) is 0 Å². The normalized spacial score (nSPS) is 12.4. The van der Waals surface area contributed by atoms with E-state index in [9.17, 15) is 35.5 Å². The van der Waals surface area contributed by atoms with Gasteiger partial charge in [0.25, 0.3) is 0 Å². The highest BCUT2D eigenvalue weighted by Gasteiger charge is 2.33. The number of aliphatic hydroxyl groups is 1. The highest BCUT2D eigenvalue weighted by atomic mass is 32.2. The number of nitrogens with two attached hydrogens (primary N) is 1. The molecule has 0 aliphatic heterocycles. The van der Waals surface area contributed by atoms with E-state index in [1.165, 1.54) is 19.1 Å². The lowest BCUT2D eigenvalue weighted by molar-refractivity contribution is -0.138. The third-order valence-electron chi connectivity index (χ3n) is 4.29. The van der Waals surface area contributed by atoms with E-state index in [0.717, 1.165) is 6.07 Å². The summed E-state index contributed by atoms with van der Waals surface area (Å²) in [5.74, 6) is -3.34. The van der Waals surface area contributed by atoms with Crippen LogP contribution in [0, 0.1) is 18.6 Å². The lowest BCUT2D eigenvalue weighted by Gasteiger charge is -2.12. The molecule has 1 aromatic heterocycles. The number of aryl methyl sites for hydroxylation is 1. The Morgan fingerprint density at radius 3 is 2.20 bits per heavy atom. The fraction of sp³-hybridized carbons (Fsp3) is 0.167. The fourth-order valence-electron chi connectivity index (χ4n) is 2.98. The fourth-order valence-corrected chi connectivity index (χ4v) is 3.64. The van der Waals surface area contributed by atoms with E-state index in [1.54, 1.807) is 0 Å². The Balaban J connectivity index is 2.27. The van der Waals surface area contributed by atoms with E-state index in [0.29, 0.717) is 12.1 Å². The number of alkyl halides is 3. The van der Waals surface area contributed by atoms with E-state index >= 15 is 0 Å². The molecule has 0 bridgehead atoms. The van der Waals surface area contributed by atoms with Gasteiger partial charge in [-0.2, -0.15) is 13.2 Å². The standard InChI is InChI=1S/C18H13F5N2O4S/c1-8-2-3-9(4-11(8)18(21,22)23)16-15(14(7-26)29-25-16)10-5-12(19)17(13(20)6-10)30(24,27)28/h2-6,26H,7H2,1H3,(H2,24,27,28). The second kappa shape index (κ2) is 7.45. The zero-order chi connectivity index (χ0) is 22.4. The first-order valence-corrected chi connectivity index (χ1v) is 9.69. The van der Waals surface area contributed by atoms with Gasteiger partial charge >= 0.3 is 6.18 Å². The summed E-state index contributed by atoms with van der Waals surface area (Å²) in [5, 5.41) is 17.9. The van der Waals surface area contributed by atoms with Crippen molar-refractivity contribution in [3.05, 3.63) is 58.9 Å². The Bertz CT molecular complexity index is 1210. The van der Waals surface area contributed by atoms with Crippen molar-refractivity contribution >= 4 is 10.0 Å². The van der Waals surface area contributed by atoms with Crippen molar-refractivity contribution in [1.82, 2.24) is 5.16 Å². The summed E-state index contributed by atoms with van der Waals surface area (Å²) in [7, 11) is -4.72. The summed E-state index contributed by atoms with van der Waals surface area (Å²) in [6, 6.07) is 4.47. The van der Waals surface area contributed by atoms with Crippen LogP contribution < -0.4 is 5.14 Å². The van der Waals surface area contributed by atoms with Gasteiger partial charge < -0.3 is 9.63 Å². The molecular weight excluding hydrogens is 435 g/mol. The summed E-state index contributed by atoms with van der Waals surface area (Å²) in [6.07, 6.45) is -4.67. The molecule has 3 rings (SSSR count). The van der Waals surface area contributed by atoms with Gasteiger partial charge in [-0.25, -0.2) is 22.3 Å². The minimum absolute atomic E-state index is 0.0618. The number of primary sulfonamides is 1. The van der Waals surface area contributed by atoms with Crippen LogP contribution in [0.5, 0.6) is 0 Å². The van der Waals surface area contributed by atoms with Crippen LogP contribution in [0.1, 0.15) is 16.9 Å². The first-order chi connectivity index (χ1) is 13.8. The van der Waals surface area contributed by atoms with E-state index in [-0.39, 0.29) is 33.7 Å². The predicted octanol–water partition coefficient (Wildman–Crippen LogP) is 3.75. The molecule has 6 nitrogen and oxygen atoms in total. The van der Waals surface area contributed by atoms with Gasteiger partial charge in [0.15, 0.2) is 10.7 Å². The summed E-state index contributed by atoms with van der Waals surface area (Å²) in [6.45, 7) is 0.465. The van der Waals surface area contributed by atoms with Crippen LogP contribution in [0.15, 0.2) is 39.8 Å². The zero-order valence-electron chi connectivity index (χ0n) is 15.1. The average molecular weight is 448 g/mol. The number of benzene rings is 2. The van der Waals surface area contributed by atoms with Gasteiger partial charge in [0.2, 0.25) is 10.0 Å². The van der Waals surface area contributed by atoms with Gasteiger partial charge in [-0.3, -0.25) is 0 Å². The Hall–Kier alpha value is -2.83. The van der Waals surface area contributed by atoms with Gasteiger partial charge in [-0.05, 0) is 36.2 Å². The molecule has 2 aromatic carbocycles. The van der Waals surface area contributed by atoms with Gasteiger partial charge in [0.05, 0.1) is 11.1 Å². The molecule has 0 atom stereocenters. The number of halogens is 5. The Labute approximate surface area is 166 Å². The summed E-state index contributed by atoms with van der Waals surface area (Å²) < 4.78 is 96.0. The van der Waals surface area contributed by atoms with Crippen LogP contribution in [0.2, 0.25) is 0 Å². The number of hydrogen-bond acceptors (Lipinski definition) is 5. The maximum atomic E-state index is 14.3. The molecule has 0 aliphatic carbocycles. The summed E-state index contributed by atoms with van der Waals surface area (Å²) >= 11 is 0. The average Bonchev–Trinajstić information content (AvgIpc) is 3.03. The molecule has 0 saturated carbocycles. The Morgan fingerprint density at radius 1 is 1.10 bits per heavy atom. The summed E-state index contributed by atoms with van der Waals surface area (Å²) in [4.78, 5) is -1.37. The minimum Gasteiger partial charge on any atom is -0.388 e. The van der Waals surface area contributed by atoms with E-state index < -0.39 is 44.9 Å². The number of hydrogen-bond donors (Lipinski definition) is 2. The Morgan fingerprint density at radius 2 is 1.70 bits per heavy atom. The number of aliphatic hydroxyl groups excluding tert-OH is 1. The molecule has 0 unspecified atom stereocenters. The van der Waals surface area contributed by atoms with Crippen LogP contribution in [-0.2, 0) is 22.8 Å². The quantitative estimate of drug-likeness (QED) is 0.592. The molecule has 3 aromatic rings. The number of rotatable bonds is 4. The second-order valence-corrected chi connectivity index (χ2v) is 7.83. The molecule has 3 N–H and O–H groups in total. The molecule has 0 saturated heterocycles. The van der Waals surface area contributed by atoms with Crippen LogP contribution in [0.25, 0.3) is 22.4 Å². The summed E-state index contributed by atoms with van der Waals surface area (Å²) in [5.41, 5.74) is -1.86. The van der Waals surface area contributed by atoms with Crippen LogP contribution in [-0.4, -0.2) is 18.7 Å². The topological polar surface area (TPSA) is 106 Å². The lowest BCUT2D eigenvalue weighted by atomic mass is 9.96. The third-order valence-corrected chi connectivity index (χ3v) is 5.25. The number of sulfonamides is 1. The molecular formula is C18H13F5N2O4S. The maximum Gasteiger partial charge on any atom is 0.416 e. The molecule has 12 heteroatoms. The van der Waals surface area contributed by atoms with Crippen LogP contribution in [0.3, 0.4) is 0 Å². The minimum atomic E-state index is -4.72. The van der Waals surface area contributed by atoms with Crippen LogP contribution in [0.4, 0.5) is 22.0 Å². The molecule has 0 amide bonds. The third kappa shape index (κ3) is 3.93. The molecule has 1 heterocycles. The molecule has 160 valence electrons. The van der Waals surface area contributed by atoms with Crippen molar-refractivity contribution in [2.45, 2.75) is 24.6 Å². The van der Waals surface area contributed by atoms with Gasteiger partial charge in [0, 0.05) is 5.56 Å². The zero-order valence-corrected chi connectivity index (χ0v) is 15.9. The first kappa shape index (κ1) is 21.9. The van der Waals surface area contributed by atoms with E-state index in [2.05, 4.69) is 5.16 Å². The van der Waals surface area contributed by atoms with Crippen molar-refractivity contribution in [2.24, 2.45) is 5.14 Å². The molecule has 0 fully saturated rings. The molecule has 0 aliphatic rings. The van der Waals surface area contributed by atoms with Crippen LogP contribution >= 0.6 is 0 Å². The second-order valence-electron chi connectivity index (χ2n) is 6.33. The van der Waals surface area contributed by atoms with Gasteiger partial charge in [-0.15, -0.1) is 0 Å². The molecule has 0 spiro atoms. The monoisotopic (exact) mass is 448 g/mol. The predicted molar refractivity (Wildman–Crippen MR) is 94.3 cm³/mol. The van der Waals surface area contributed by atoms with Crippen molar-refractivity contribution in [3.63, 3.8) is 0 Å². The van der Waals surface area contributed by atoms with Crippen molar-refractivity contribution in [3.8, 4) is 22.4 Å². The molecule has 30 heavy (non-hydrogen) atoms.